The molecule has 0 aliphatic heterocycles. The smallest absolute Gasteiger partial charge is 0.277 e. The number of hydrogen-bond donors (Lipinski definition) is 3. The van der Waals surface area contributed by atoms with E-state index in [1.807, 2.05) is 48.5 Å². The zero-order valence-corrected chi connectivity index (χ0v) is 21.6. The fraction of sp³-hybridized carbons (Fsp3) is 0.267. The number of H-pyrrole nitrogens is 1. The molecule has 2 aromatic carbocycles. The fourth-order valence-electron chi connectivity index (χ4n) is 4.94. The summed E-state index contributed by atoms with van der Waals surface area (Å²) >= 11 is 0. The van der Waals surface area contributed by atoms with Gasteiger partial charge in [0.1, 0.15) is 11.7 Å². The Bertz CT molecular complexity index is 1410. The van der Waals surface area contributed by atoms with Crippen LogP contribution in [-0.2, 0) is 16.6 Å². The summed E-state index contributed by atoms with van der Waals surface area (Å²) in [7, 11) is 0. The number of benzene rings is 2. The number of hydrogen-bond acceptors (Lipinski definition) is 5. The summed E-state index contributed by atoms with van der Waals surface area (Å²) in [5.74, 6) is -0.839. The number of carbonyl (C=O) groups is 2. The summed E-state index contributed by atoms with van der Waals surface area (Å²) in [5.41, 5.74) is 4.22. The minimum atomic E-state index is -1.06. The third kappa shape index (κ3) is 4.95. The number of imidazole rings is 1. The number of rotatable bonds is 6. The SMILES string of the molecule is CC(C)(C)c1ccc(N(C(=O)c2cnc[nH]2)C(C(=O)N[C@@H]2c3ccccc3C[C@@H]2O)c2cccnc2)cc1. The molecule has 1 unspecified atom stereocenters. The molecule has 8 heteroatoms. The molecule has 0 spiro atoms. The number of amides is 2. The predicted octanol–water partition coefficient (Wildman–Crippen LogP) is 4.26. The molecule has 2 aromatic heterocycles. The van der Waals surface area contributed by atoms with Gasteiger partial charge in [-0.15, -0.1) is 0 Å². The highest BCUT2D eigenvalue weighted by Gasteiger charge is 2.38. The standard InChI is InChI=1S/C30H31N5O3/c1-30(2,3)21-10-12-22(13-11-21)35(29(38)24-17-32-18-33-24)27(20-8-6-14-31-16-20)28(37)34-26-23-9-5-4-7-19(23)15-25(26)36/h4-14,16-18,25-27,36H,15H2,1-3H3,(H,32,33)(H,34,37)/t25-,26+,27?/m0/s1. The van der Waals surface area contributed by atoms with Gasteiger partial charge in [0.2, 0.25) is 5.91 Å². The van der Waals surface area contributed by atoms with Crippen molar-refractivity contribution in [3.8, 4) is 0 Å². The van der Waals surface area contributed by atoms with Gasteiger partial charge in [-0.1, -0.05) is 63.2 Å². The van der Waals surface area contributed by atoms with Gasteiger partial charge in [0.25, 0.3) is 5.91 Å². The number of anilines is 1. The zero-order valence-electron chi connectivity index (χ0n) is 21.6. The second-order valence-electron chi connectivity index (χ2n) is 10.6. The van der Waals surface area contributed by atoms with Crippen molar-refractivity contribution in [2.24, 2.45) is 0 Å². The van der Waals surface area contributed by atoms with Crippen LogP contribution in [-0.4, -0.2) is 38.0 Å². The van der Waals surface area contributed by atoms with Gasteiger partial charge in [-0.05, 0) is 40.3 Å². The summed E-state index contributed by atoms with van der Waals surface area (Å²) in [4.78, 5) is 40.6. The molecule has 0 bridgehead atoms. The number of nitrogens with one attached hydrogen (secondary N) is 2. The lowest BCUT2D eigenvalue weighted by Crippen LogP contribution is -2.46. The van der Waals surface area contributed by atoms with Crippen molar-refractivity contribution in [2.45, 2.75) is 50.8 Å². The van der Waals surface area contributed by atoms with Crippen LogP contribution < -0.4 is 10.2 Å². The summed E-state index contributed by atoms with van der Waals surface area (Å²) < 4.78 is 0. The Balaban J connectivity index is 1.59. The molecule has 3 atom stereocenters. The molecule has 4 aromatic rings. The third-order valence-electron chi connectivity index (χ3n) is 6.97. The Morgan fingerprint density at radius 1 is 1.03 bits per heavy atom. The van der Waals surface area contributed by atoms with Gasteiger partial charge in [-0.3, -0.25) is 19.5 Å². The molecular formula is C30H31N5O3. The van der Waals surface area contributed by atoms with Crippen molar-refractivity contribution < 1.29 is 14.7 Å². The first-order valence-corrected chi connectivity index (χ1v) is 12.6. The first-order valence-electron chi connectivity index (χ1n) is 12.6. The van der Waals surface area contributed by atoms with Crippen LogP contribution in [0, 0.1) is 0 Å². The number of aliphatic hydroxyl groups is 1. The van der Waals surface area contributed by atoms with E-state index in [0.29, 0.717) is 17.7 Å². The molecule has 2 heterocycles. The van der Waals surface area contributed by atoms with E-state index in [-0.39, 0.29) is 11.1 Å². The molecule has 194 valence electrons. The number of fused-ring (bicyclic) bond motifs is 1. The summed E-state index contributed by atoms with van der Waals surface area (Å²) in [5, 5.41) is 13.8. The van der Waals surface area contributed by atoms with Gasteiger partial charge in [0, 0.05) is 30.1 Å². The first-order chi connectivity index (χ1) is 18.2. The van der Waals surface area contributed by atoms with E-state index < -0.39 is 30.0 Å². The number of aliphatic hydroxyl groups excluding tert-OH is 1. The number of aromatic amines is 1. The van der Waals surface area contributed by atoms with Crippen LogP contribution in [0.1, 0.15) is 65.6 Å². The van der Waals surface area contributed by atoms with Crippen LogP contribution in [0.15, 0.2) is 85.6 Å². The van der Waals surface area contributed by atoms with Crippen LogP contribution in [0.2, 0.25) is 0 Å². The van der Waals surface area contributed by atoms with Crippen molar-refractivity contribution in [2.75, 3.05) is 4.90 Å². The summed E-state index contributed by atoms with van der Waals surface area (Å²) in [6, 6.07) is 17.2. The quantitative estimate of drug-likeness (QED) is 0.360. The Kier molecular flexibility index (Phi) is 6.82. The topological polar surface area (TPSA) is 111 Å². The third-order valence-corrected chi connectivity index (χ3v) is 6.97. The predicted molar refractivity (Wildman–Crippen MR) is 145 cm³/mol. The number of nitrogens with zero attached hydrogens (tertiary/aromatic N) is 3. The van der Waals surface area contributed by atoms with Crippen molar-refractivity contribution in [1.82, 2.24) is 20.3 Å². The Morgan fingerprint density at radius 2 is 1.79 bits per heavy atom. The van der Waals surface area contributed by atoms with E-state index in [2.05, 4.69) is 41.0 Å². The highest BCUT2D eigenvalue weighted by molar-refractivity contribution is 6.09. The molecule has 38 heavy (non-hydrogen) atoms. The van der Waals surface area contributed by atoms with Crippen molar-refractivity contribution in [3.63, 3.8) is 0 Å². The molecule has 5 rings (SSSR count). The zero-order chi connectivity index (χ0) is 26.9. The van der Waals surface area contributed by atoms with E-state index in [1.165, 1.54) is 17.4 Å². The minimum Gasteiger partial charge on any atom is -0.390 e. The van der Waals surface area contributed by atoms with Crippen LogP contribution in [0.25, 0.3) is 0 Å². The highest BCUT2D eigenvalue weighted by Crippen LogP contribution is 2.35. The summed E-state index contributed by atoms with van der Waals surface area (Å²) in [6.45, 7) is 6.35. The first kappa shape index (κ1) is 25.4. The lowest BCUT2D eigenvalue weighted by molar-refractivity contribution is -0.124. The maximum Gasteiger partial charge on any atom is 0.277 e. The molecule has 0 radical (unpaired) electrons. The minimum absolute atomic E-state index is 0.0805. The van der Waals surface area contributed by atoms with Gasteiger partial charge in [-0.2, -0.15) is 0 Å². The van der Waals surface area contributed by atoms with Gasteiger partial charge in [0.15, 0.2) is 0 Å². The van der Waals surface area contributed by atoms with Crippen LogP contribution in [0.4, 0.5) is 5.69 Å². The molecule has 3 N–H and O–H groups in total. The number of carbonyl (C=O) groups excluding carboxylic acids is 2. The van der Waals surface area contributed by atoms with Crippen LogP contribution >= 0.6 is 0 Å². The van der Waals surface area contributed by atoms with Gasteiger partial charge >= 0.3 is 0 Å². The highest BCUT2D eigenvalue weighted by atomic mass is 16.3. The molecule has 1 aliphatic carbocycles. The van der Waals surface area contributed by atoms with E-state index in [1.54, 1.807) is 24.5 Å². The molecule has 2 amide bonds. The van der Waals surface area contributed by atoms with E-state index in [9.17, 15) is 14.7 Å². The largest absolute Gasteiger partial charge is 0.390 e. The fourth-order valence-corrected chi connectivity index (χ4v) is 4.94. The second kappa shape index (κ2) is 10.2. The number of pyridine rings is 1. The maximum absolute atomic E-state index is 14.1. The molecular weight excluding hydrogens is 478 g/mol. The Labute approximate surface area is 221 Å². The van der Waals surface area contributed by atoms with E-state index in [4.69, 9.17) is 0 Å². The van der Waals surface area contributed by atoms with E-state index >= 15 is 0 Å². The van der Waals surface area contributed by atoms with Crippen LogP contribution in [0.3, 0.4) is 0 Å². The van der Waals surface area contributed by atoms with Crippen molar-refractivity contribution in [3.05, 3.63) is 114 Å². The lowest BCUT2D eigenvalue weighted by Gasteiger charge is -2.32. The van der Waals surface area contributed by atoms with Gasteiger partial charge in [-0.25, -0.2) is 4.98 Å². The van der Waals surface area contributed by atoms with Crippen LogP contribution in [0.5, 0.6) is 0 Å². The molecule has 1 aliphatic rings. The lowest BCUT2D eigenvalue weighted by atomic mass is 9.87. The molecule has 0 saturated heterocycles. The normalized spacial score (nSPS) is 17.5. The summed E-state index contributed by atoms with van der Waals surface area (Å²) in [6.07, 6.45) is 5.75. The molecule has 0 saturated carbocycles. The van der Waals surface area contributed by atoms with Gasteiger partial charge < -0.3 is 15.4 Å². The maximum atomic E-state index is 14.1. The monoisotopic (exact) mass is 509 g/mol. The Morgan fingerprint density at radius 3 is 2.45 bits per heavy atom. The van der Waals surface area contributed by atoms with Crippen molar-refractivity contribution >= 4 is 17.5 Å². The molecule has 0 fully saturated rings. The molecule has 8 nitrogen and oxygen atoms in total. The van der Waals surface area contributed by atoms with E-state index in [0.717, 1.165) is 16.7 Å². The average Bonchev–Trinajstić information content (AvgIpc) is 3.55. The second-order valence-corrected chi connectivity index (χ2v) is 10.6. The Hall–Kier alpha value is -4.30. The number of aromatic nitrogens is 3. The van der Waals surface area contributed by atoms with Gasteiger partial charge in [0.05, 0.1) is 24.7 Å². The average molecular weight is 510 g/mol. The van der Waals surface area contributed by atoms with Crippen molar-refractivity contribution in [1.29, 1.82) is 0 Å².